The second-order valence-corrected chi connectivity index (χ2v) is 9.26. The number of H-pyrrole nitrogens is 1. The highest BCUT2D eigenvalue weighted by atomic mass is 35.5. The number of aromatic amines is 1. The molecular weight excluding hydrogens is 487 g/mol. The monoisotopic (exact) mass is 505 g/mol. The van der Waals surface area contributed by atoms with Crippen molar-refractivity contribution in [2.24, 2.45) is 0 Å². The lowest BCUT2D eigenvalue weighted by molar-refractivity contribution is -0.127. The van der Waals surface area contributed by atoms with Gasteiger partial charge in [-0.25, -0.2) is 13.2 Å². The molecule has 1 fully saturated rings. The van der Waals surface area contributed by atoms with E-state index >= 15 is 4.39 Å². The van der Waals surface area contributed by atoms with Crippen molar-refractivity contribution in [2.75, 3.05) is 24.5 Å². The van der Waals surface area contributed by atoms with E-state index in [1.165, 1.54) is 9.80 Å². The van der Waals surface area contributed by atoms with Crippen LogP contribution in [-0.4, -0.2) is 57.5 Å². The molecule has 6 nitrogen and oxygen atoms in total. The lowest BCUT2D eigenvalue weighted by Crippen LogP contribution is -2.57. The summed E-state index contributed by atoms with van der Waals surface area (Å²) in [5.41, 5.74) is 2.42. The van der Waals surface area contributed by atoms with E-state index in [9.17, 15) is 13.6 Å². The fourth-order valence-corrected chi connectivity index (χ4v) is 5.73. The molecule has 2 aromatic heterocycles. The molecule has 1 N–H and O–H groups in total. The average Bonchev–Trinajstić information content (AvgIpc) is 3.46. The fraction of sp³-hybridized carbons (Fsp3) is 0.261. The number of nitrogens with one attached hydrogen (secondary N) is 1. The zero-order valence-electron chi connectivity index (χ0n) is 18.0. The van der Waals surface area contributed by atoms with Crippen LogP contribution in [0, 0.1) is 12.7 Å². The Kier molecular flexibility index (Phi) is 5.73. The normalized spacial score (nSPS) is 16.7. The summed E-state index contributed by atoms with van der Waals surface area (Å²) in [6, 6.07) is 4.02. The quantitative estimate of drug-likeness (QED) is 0.377. The molecular formula is C23H19ClF3N5OS. The van der Waals surface area contributed by atoms with Crippen LogP contribution in [0.15, 0.2) is 37.1 Å². The number of rotatable bonds is 4. The third-order valence-electron chi connectivity index (χ3n) is 6.19. The Morgan fingerprint density at radius 2 is 2.12 bits per heavy atom. The molecule has 3 heterocycles. The summed E-state index contributed by atoms with van der Waals surface area (Å²) < 4.78 is 48.1. The van der Waals surface area contributed by atoms with Gasteiger partial charge in [0, 0.05) is 41.5 Å². The first kappa shape index (κ1) is 22.7. The molecule has 1 unspecified atom stereocenters. The molecule has 34 heavy (non-hydrogen) atoms. The summed E-state index contributed by atoms with van der Waals surface area (Å²) >= 11 is 7.55. The lowest BCUT2D eigenvalue weighted by atomic mass is 9.95. The maximum atomic E-state index is 15.9. The van der Waals surface area contributed by atoms with E-state index in [1.807, 2.05) is 19.1 Å². The molecule has 176 valence electrons. The number of aryl methyl sites for hydroxylation is 1. The number of benzene rings is 2. The predicted octanol–water partition coefficient (Wildman–Crippen LogP) is 5.41. The van der Waals surface area contributed by atoms with E-state index in [0.29, 0.717) is 16.0 Å². The molecule has 1 amide bonds. The maximum absolute atomic E-state index is 15.9. The molecule has 1 atom stereocenters. The van der Waals surface area contributed by atoms with Crippen LogP contribution in [0.4, 0.5) is 18.2 Å². The zero-order valence-corrected chi connectivity index (χ0v) is 19.6. The summed E-state index contributed by atoms with van der Waals surface area (Å²) in [5.74, 6) is -1.02. The van der Waals surface area contributed by atoms with Gasteiger partial charge in [-0.15, -0.1) is 0 Å². The van der Waals surface area contributed by atoms with Crippen LogP contribution in [0.25, 0.3) is 32.9 Å². The summed E-state index contributed by atoms with van der Waals surface area (Å²) in [5, 5.41) is 8.55. The van der Waals surface area contributed by atoms with E-state index in [1.54, 1.807) is 12.3 Å². The highest BCUT2D eigenvalue weighted by molar-refractivity contribution is 7.11. The van der Waals surface area contributed by atoms with Crippen molar-refractivity contribution in [3.63, 3.8) is 0 Å². The summed E-state index contributed by atoms with van der Waals surface area (Å²) in [7, 11) is 0. The van der Waals surface area contributed by atoms with Crippen molar-refractivity contribution >= 4 is 55.8 Å². The molecule has 5 rings (SSSR count). The summed E-state index contributed by atoms with van der Waals surface area (Å²) in [4.78, 5) is 14.8. The van der Waals surface area contributed by atoms with Crippen LogP contribution in [0.1, 0.15) is 5.56 Å². The minimum Gasteiger partial charge on any atom is -0.349 e. The number of piperazine rings is 1. The van der Waals surface area contributed by atoms with Gasteiger partial charge in [0.05, 0.1) is 16.7 Å². The largest absolute Gasteiger partial charge is 0.349 e. The van der Waals surface area contributed by atoms with E-state index in [4.69, 9.17) is 11.6 Å². The predicted molar refractivity (Wildman–Crippen MR) is 128 cm³/mol. The number of halogens is 4. The molecule has 0 aliphatic carbocycles. The van der Waals surface area contributed by atoms with Crippen molar-refractivity contribution in [3.05, 3.63) is 53.5 Å². The Balaban J connectivity index is 1.62. The molecule has 0 saturated carbocycles. The molecule has 11 heteroatoms. The highest BCUT2D eigenvalue weighted by Gasteiger charge is 2.37. The fourth-order valence-electron chi connectivity index (χ4n) is 4.50. The number of aromatic nitrogens is 3. The second kappa shape index (κ2) is 8.59. The topological polar surface area (TPSA) is 65.1 Å². The molecule has 0 radical (unpaired) electrons. The number of anilines is 1. The van der Waals surface area contributed by atoms with Gasteiger partial charge in [0.25, 0.3) is 6.43 Å². The number of carbonyl (C=O) groups excluding carboxylic acids is 1. The van der Waals surface area contributed by atoms with Crippen molar-refractivity contribution in [1.82, 2.24) is 19.5 Å². The van der Waals surface area contributed by atoms with Gasteiger partial charge in [-0.05, 0) is 42.2 Å². The Hall–Kier alpha value is -3.11. The Bertz CT molecular complexity index is 1440. The third-order valence-corrected chi connectivity index (χ3v) is 7.38. The lowest BCUT2D eigenvalue weighted by Gasteiger charge is -2.41. The molecule has 1 aliphatic heterocycles. The minimum atomic E-state index is -2.72. The number of carbonyl (C=O) groups is 1. The van der Waals surface area contributed by atoms with E-state index in [2.05, 4.69) is 21.1 Å². The Labute approximate surface area is 201 Å². The minimum absolute atomic E-state index is 0.0666. The van der Waals surface area contributed by atoms with E-state index in [0.717, 1.165) is 34.1 Å². The first-order valence-corrected chi connectivity index (χ1v) is 11.6. The highest BCUT2D eigenvalue weighted by Crippen LogP contribution is 2.44. The number of amides is 1. The summed E-state index contributed by atoms with van der Waals surface area (Å²) in [6.45, 7) is 5.50. The van der Waals surface area contributed by atoms with Crippen LogP contribution in [0.5, 0.6) is 0 Å². The van der Waals surface area contributed by atoms with Gasteiger partial charge in [0.15, 0.2) is 5.82 Å². The van der Waals surface area contributed by atoms with Crippen molar-refractivity contribution < 1.29 is 18.0 Å². The molecule has 4 aromatic rings. The molecule has 0 bridgehead atoms. The van der Waals surface area contributed by atoms with Gasteiger partial charge in [-0.2, -0.15) is 9.47 Å². The van der Waals surface area contributed by atoms with Gasteiger partial charge < -0.3 is 9.80 Å². The van der Waals surface area contributed by atoms with E-state index < -0.39 is 24.2 Å². The van der Waals surface area contributed by atoms with Crippen molar-refractivity contribution in [1.29, 1.82) is 0 Å². The third kappa shape index (κ3) is 3.52. The summed E-state index contributed by atoms with van der Waals surface area (Å²) in [6.07, 6.45) is -0.000512. The SMILES string of the molecule is C=CC(=O)N1CCN(c2snc3c(F)c(-c4c(C)ccc5[nH]ncc45)c(Cl)cc23)C(C(F)F)C1. The van der Waals surface area contributed by atoms with Gasteiger partial charge >= 0.3 is 0 Å². The van der Waals surface area contributed by atoms with Crippen molar-refractivity contribution in [3.8, 4) is 11.1 Å². The Morgan fingerprint density at radius 1 is 1.32 bits per heavy atom. The van der Waals surface area contributed by atoms with E-state index in [-0.39, 0.29) is 35.7 Å². The second-order valence-electron chi connectivity index (χ2n) is 8.10. The molecule has 0 spiro atoms. The number of hydrogen-bond acceptors (Lipinski definition) is 5. The molecule has 1 aliphatic rings. The van der Waals surface area contributed by atoms with Crippen LogP contribution >= 0.6 is 23.1 Å². The van der Waals surface area contributed by atoms with Crippen molar-refractivity contribution in [2.45, 2.75) is 19.4 Å². The van der Waals surface area contributed by atoms with Crippen LogP contribution < -0.4 is 4.90 Å². The molecule has 1 saturated heterocycles. The average molecular weight is 506 g/mol. The number of hydrogen-bond donors (Lipinski definition) is 1. The standard InChI is InChI=1S/C23H19ClF3N5OS/c1-3-17(33)31-6-7-32(16(10-31)22(26)27)23-12-8-14(24)19(20(25)21(12)30-34-23)18-11(2)4-5-15-13(18)9-28-29-15/h3-5,8-9,16,22H,1,6-7,10H2,2H3,(H,28,29). The van der Waals surface area contributed by atoms with Crippen LogP contribution in [-0.2, 0) is 4.79 Å². The van der Waals surface area contributed by atoms with Crippen LogP contribution in [0.3, 0.4) is 0 Å². The van der Waals surface area contributed by atoms with Gasteiger partial charge in [-0.3, -0.25) is 9.89 Å². The zero-order chi connectivity index (χ0) is 24.1. The van der Waals surface area contributed by atoms with Gasteiger partial charge in [0.1, 0.15) is 16.6 Å². The number of fused-ring (bicyclic) bond motifs is 2. The van der Waals surface area contributed by atoms with Gasteiger partial charge in [-0.1, -0.05) is 24.2 Å². The molecule has 2 aromatic carbocycles. The van der Waals surface area contributed by atoms with Crippen LogP contribution in [0.2, 0.25) is 5.02 Å². The number of nitrogens with zero attached hydrogens (tertiary/aromatic N) is 4. The first-order valence-electron chi connectivity index (χ1n) is 10.5. The van der Waals surface area contributed by atoms with Gasteiger partial charge in [0.2, 0.25) is 5.91 Å². The number of alkyl halides is 2. The maximum Gasteiger partial charge on any atom is 0.260 e. The smallest absolute Gasteiger partial charge is 0.260 e. The first-order chi connectivity index (χ1) is 16.3. The Morgan fingerprint density at radius 3 is 2.85 bits per heavy atom.